The van der Waals surface area contributed by atoms with Crippen LogP contribution in [0.3, 0.4) is 0 Å². The zero-order valence-electron chi connectivity index (χ0n) is 23.0. The molecule has 1 aliphatic carbocycles. The molecule has 2 unspecified atom stereocenters. The topological polar surface area (TPSA) is 43.8 Å². The number of carboxylic acids is 1. The molecule has 0 aromatic heterocycles. The molecule has 2 saturated heterocycles. The lowest BCUT2D eigenvalue weighted by atomic mass is 9.80. The number of rotatable bonds is 11. The molecule has 2 heterocycles. The summed E-state index contributed by atoms with van der Waals surface area (Å²) in [7, 11) is 0. The lowest BCUT2D eigenvalue weighted by Crippen LogP contribution is -2.43. The molecule has 4 nitrogen and oxygen atoms in total. The Labute approximate surface area is 228 Å². The molecule has 3 fully saturated rings. The summed E-state index contributed by atoms with van der Waals surface area (Å²) in [6.45, 7) is 7.25. The molecule has 38 heavy (non-hydrogen) atoms. The maximum absolute atomic E-state index is 13.2. The van der Waals surface area contributed by atoms with Crippen LogP contribution in [-0.2, 0) is 11.2 Å². The Morgan fingerprint density at radius 3 is 2.45 bits per heavy atom. The Morgan fingerprint density at radius 2 is 1.79 bits per heavy atom. The van der Waals surface area contributed by atoms with Crippen molar-refractivity contribution in [2.24, 2.45) is 17.8 Å². The number of aliphatic carboxylic acids is 1. The number of hydrogen-bond acceptors (Lipinski definition) is 3. The molecule has 2 aromatic carbocycles. The van der Waals surface area contributed by atoms with Gasteiger partial charge in [-0.25, -0.2) is 4.39 Å². The maximum Gasteiger partial charge on any atom is 0.320 e. The van der Waals surface area contributed by atoms with Crippen LogP contribution in [0.1, 0.15) is 74.0 Å². The van der Waals surface area contributed by atoms with Crippen LogP contribution in [0.25, 0.3) is 0 Å². The van der Waals surface area contributed by atoms with Gasteiger partial charge in [0.25, 0.3) is 0 Å². The number of hydrogen-bond donors (Lipinski definition) is 1. The first-order chi connectivity index (χ1) is 18.4. The number of piperidine rings is 1. The van der Waals surface area contributed by atoms with E-state index in [0.717, 1.165) is 51.5 Å². The SMILES string of the molecule is Cc1cccc(C2CN([C@@H](CC3CCC3)C(=O)O)CC2CN2CCC(CCCc3ccc(F)cc3)CC2)c1. The lowest BCUT2D eigenvalue weighted by Gasteiger charge is -2.35. The highest BCUT2D eigenvalue weighted by atomic mass is 19.1. The minimum absolute atomic E-state index is 0.159. The minimum Gasteiger partial charge on any atom is -0.480 e. The van der Waals surface area contributed by atoms with E-state index in [1.165, 1.54) is 61.6 Å². The van der Waals surface area contributed by atoms with E-state index in [4.69, 9.17) is 0 Å². The second-order valence-electron chi connectivity index (χ2n) is 12.4. The van der Waals surface area contributed by atoms with E-state index >= 15 is 0 Å². The third-order valence-electron chi connectivity index (χ3n) is 9.64. The molecule has 2 aliphatic heterocycles. The van der Waals surface area contributed by atoms with E-state index in [9.17, 15) is 14.3 Å². The predicted octanol–water partition coefficient (Wildman–Crippen LogP) is 6.53. The highest BCUT2D eigenvalue weighted by Crippen LogP contribution is 2.38. The molecule has 2 aromatic rings. The summed E-state index contributed by atoms with van der Waals surface area (Å²) in [6, 6.07) is 15.5. The standard InChI is InChI=1S/C33H45FN2O2/c1-24-5-2-10-28(19-24)31-23-36(32(33(37)38)20-27-8-4-9-27)22-29(31)21-35-17-15-26(16-18-35)7-3-6-25-11-13-30(34)14-12-25/h2,5,10-14,19,26-27,29,31-32H,3-4,6-9,15-18,20-23H2,1H3,(H,37,38)/t29?,31?,32-/m0/s1. The van der Waals surface area contributed by atoms with Gasteiger partial charge in [0.15, 0.2) is 0 Å². The first-order valence-electron chi connectivity index (χ1n) is 14.9. The molecular formula is C33H45FN2O2. The van der Waals surface area contributed by atoms with Crippen molar-refractivity contribution in [1.29, 1.82) is 0 Å². The number of nitrogens with zero attached hydrogens (tertiary/aromatic N) is 2. The number of likely N-dealkylation sites (tertiary alicyclic amines) is 2. The van der Waals surface area contributed by atoms with Crippen molar-refractivity contribution in [2.45, 2.75) is 76.7 Å². The Balaban J connectivity index is 1.16. The molecule has 3 atom stereocenters. The monoisotopic (exact) mass is 520 g/mol. The average Bonchev–Trinajstić information content (AvgIpc) is 3.28. The van der Waals surface area contributed by atoms with Gasteiger partial charge < -0.3 is 10.0 Å². The number of carbonyl (C=O) groups is 1. The summed E-state index contributed by atoms with van der Waals surface area (Å²) in [5.41, 5.74) is 3.89. The second-order valence-corrected chi connectivity index (χ2v) is 12.4. The van der Waals surface area contributed by atoms with E-state index < -0.39 is 5.97 Å². The summed E-state index contributed by atoms with van der Waals surface area (Å²) in [5.74, 6) is 1.43. The molecule has 1 N–H and O–H groups in total. The Hall–Kier alpha value is -2.24. The van der Waals surface area contributed by atoms with Crippen molar-refractivity contribution < 1.29 is 14.3 Å². The van der Waals surface area contributed by atoms with Crippen molar-refractivity contribution in [1.82, 2.24) is 9.80 Å². The molecule has 5 heteroatoms. The predicted molar refractivity (Wildman–Crippen MR) is 151 cm³/mol. The van der Waals surface area contributed by atoms with Crippen LogP contribution >= 0.6 is 0 Å². The van der Waals surface area contributed by atoms with Crippen molar-refractivity contribution in [2.75, 3.05) is 32.7 Å². The normalized spacial score (nSPS) is 24.4. The van der Waals surface area contributed by atoms with E-state index in [1.807, 2.05) is 12.1 Å². The number of carboxylic acid groups (broad SMARTS) is 1. The third-order valence-corrected chi connectivity index (χ3v) is 9.64. The smallest absolute Gasteiger partial charge is 0.320 e. The van der Waals surface area contributed by atoms with Gasteiger partial charge in [0.1, 0.15) is 11.9 Å². The summed E-state index contributed by atoms with van der Waals surface area (Å²) >= 11 is 0. The molecule has 1 saturated carbocycles. The zero-order valence-corrected chi connectivity index (χ0v) is 23.0. The fourth-order valence-corrected chi connectivity index (χ4v) is 7.11. The van der Waals surface area contributed by atoms with Crippen molar-refractivity contribution in [3.63, 3.8) is 0 Å². The van der Waals surface area contributed by atoms with Crippen LogP contribution < -0.4 is 0 Å². The van der Waals surface area contributed by atoms with Gasteiger partial charge in [0, 0.05) is 25.6 Å². The first-order valence-corrected chi connectivity index (χ1v) is 14.9. The summed E-state index contributed by atoms with van der Waals surface area (Å²) < 4.78 is 13.2. The van der Waals surface area contributed by atoms with E-state index in [0.29, 0.717) is 17.8 Å². The average molecular weight is 521 g/mol. The molecule has 206 valence electrons. The van der Waals surface area contributed by atoms with Crippen molar-refractivity contribution >= 4 is 5.97 Å². The summed E-state index contributed by atoms with van der Waals surface area (Å²) in [4.78, 5) is 17.3. The van der Waals surface area contributed by atoms with Crippen molar-refractivity contribution in [3.8, 4) is 0 Å². The summed E-state index contributed by atoms with van der Waals surface area (Å²) in [6.07, 6.45) is 10.4. The minimum atomic E-state index is -0.637. The lowest BCUT2D eigenvalue weighted by molar-refractivity contribution is -0.144. The van der Waals surface area contributed by atoms with Gasteiger partial charge in [0.2, 0.25) is 0 Å². The molecular weight excluding hydrogens is 475 g/mol. The second kappa shape index (κ2) is 12.7. The van der Waals surface area contributed by atoms with Gasteiger partial charge in [-0.3, -0.25) is 9.69 Å². The van der Waals surface area contributed by atoms with Gasteiger partial charge in [-0.15, -0.1) is 0 Å². The van der Waals surface area contributed by atoms with E-state index in [2.05, 4.69) is 41.0 Å². The Kier molecular flexibility index (Phi) is 9.16. The fraction of sp³-hybridized carbons (Fsp3) is 0.606. The molecule has 0 bridgehead atoms. The molecule has 0 amide bonds. The van der Waals surface area contributed by atoms with Crippen LogP contribution in [0.2, 0.25) is 0 Å². The summed E-state index contributed by atoms with van der Waals surface area (Å²) in [5, 5.41) is 10.1. The maximum atomic E-state index is 13.2. The zero-order chi connectivity index (χ0) is 26.5. The highest BCUT2D eigenvalue weighted by Gasteiger charge is 2.41. The van der Waals surface area contributed by atoms with Gasteiger partial charge in [-0.2, -0.15) is 0 Å². The molecule has 0 spiro atoms. The van der Waals surface area contributed by atoms with Crippen LogP contribution in [0.5, 0.6) is 0 Å². The van der Waals surface area contributed by atoms with Crippen LogP contribution in [0.15, 0.2) is 48.5 Å². The molecule has 3 aliphatic rings. The van der Waals surface area contributed by atoms with Gasteiger partial charge in [0.05, 0.1) is 0 Å². The number of benzene rings is 2. The Bertz CT molecular complexity index is 1050. The van der Waals surface area contributed by atoms with Gasteiger partial charge in [-0.05, 0) is 93.1 Å². The number of halogens is 1. The van der Waals surface area contributed by atoms with Gasteiger partial charge >= 0.3 is 5.97 Å². The van der Waals surface area contributed by atoms with E-state index in [1.54, 1.807) is 12.1 Å². The third kappa shape index (κ3) is 7.04. The van der Waals surface area contributed by atoms with Crippen LogP contribution in [0.4, 0.5) is 4.39 Å². The first kappa shape index (κ1) is 27.3. The quantitative estimate of drug-likeness (QED) is 0.366. The highest BCUT2D eigenvalue weighted by molar-refractivity contribution is 5.73. The van der Waals surface area contributed by atoms with Crippen molar-refractivity contribution in [3.05, 3.63) is 71.0 Å². The largest absolute Gasteiger partial charge is 0.480 e. The fourth-order valence-electron chi connectivity index (χ4n) is 7.11. The molecule has 5 rings (SSSR count). The Morgan fingerprint density at radius 1 is 1.03 bits per heavy atom. The van der Waals surface area contributed by atoms with Gasteiger partial charge in [-0.1, -0.05) is 67.6 Å². The molecule has 0 radical (unpaired) electrons. The number of aryl methyl sites for hydroxylation is 2. The van der Waals surface area contributed by atoms with Crippen LogP contribution in [-0.4, -0.2) is 59.6 Å². The van der Waals surface area contributed by atoms with Crippen LogP contribution in [0, 0.1) is 30.5 Å². The van der Waals surface area contributed by atoms with E-state index in [-0.39, 0.29) is 11.9 Å².